The van der Waals surface area contributed by atoms with Gasteiger partial charge in [-0.25, -0.2) is 13.5 Å². The van der Waals surface area contributed by atoms with Crippen LogP contribution in [0.4, 0.5) is 8.78 Å². The fourth-order valence-corrected chi connectivity index (χ4v) is 2.02. The van der Waals surface area contributed by atoms with Gasteiger partial charge in [0, 0.05) is 24.9 Å². The van der Waals surface area contributed by atoms with E-state index in [2.05, 4.69) is 25.5 Å². The predicted octanol–water partition coefficient (Wildman–Crippen LogP) is 2.49. The molecule has 0 spiro atoms. The molecule has 0 radical (unpaired) electrons. The third kappa shape index (κ3) is 3.34. The van der Waals surface area contributed by atoms with Crippen molar-refractivity contribution in [3.63, 3.8) is 0 Å². The summed E-state index contributed by atoms with van der Waals surface area (Å²) in [6.07, 6.45) is -1.43. The number of aromatic nitrogens is 6. The molecule has 0 aliphatic heterocycles. The van der Waals surface area contributed by atoms with Gasteiger partial charge in [-0.1, -0.05) is 5.21 Å². The van der Waals surface area contributed by atoms with Crippen LogP contribution in [0.2, 0.25) is 0 Å². The molecule has 3 aromatic heterocycles. The van der Waals surface area contributed by atoms with Crippen LogP contribution in [-0.4, -0.2) is 30.2 Å². The molecule has 0 saturated carbocycles. The first-order valence-electron chi connectivity index (χ1n) is 7.10. The van der Waals surface area contributed by atoms with Crippen LogP contribution < -0.4 is 4.74 Å². The van der Waals surface area contributed by atoms with Crippen LogP contribution in [0.5, 0.6) is 5.88 Å². The Bertz CT molecular complexity index is 817. The molecule has 0 fully saturated rings. The molecule has 124 valence electrons. The zero-order valence-electron chi connectivity index (χ0n) is 13.0. The van der Waals surface area contributed by atoms with E-state index in [0.717, 1.165) is 11.9 Å². The third-order valence-electron chi connectivity index (χ3n) is 3.35. The fourth-order valence-electron chi connectivity index (χ4n) is 2.02. The van der Waals surface area contributed by atoms with Crippen molar-refractivity contribution in [3.05, 3.63) is 47.4 Å². The molecule has 3 heterocycles. The monoisotopic (exact) mass is 332 g/mol. The standard InChI is InChI=1S/C15H14F2N6O/c1-9-3-6-13(20-19-9)24-8-12-14(21-22-23(12)2)11-5-4-10(7-18-11)15(16)17/h3-7,15H,8H2,1-2H3. The highest BCUT2D eigenvalue weighted by Gasteiger charge is 2.16. The lowest BCUT2D eigenvalue weighted by molar-refractivity contribution is 0.151. The van der Waals surface area contributed by atoms with E-state index in [1.54, 1.807) is 23.9 Å². The second-order valence-electron chi connectivity index (χ2n) is 5.09. The highest BCUT2D eigenvalue weighted by molar-refractivity contribution is 5.56. The minimum Gasteiger partial charge on any atom is -0.470 e. The minimum absolute atomic E-state index is 0.143. The zero-order valence-corrected chi connectivity index (χ0v) is 13.0. The van der Waals surface area contributed by atoms with E-state index >= 15 is 0 Å². The maximum absolute atomic E-state index is 12.6. The van der Waals surface area contributed by atoms with E-state index in [9.17, 15) is 8.78 Å². The van der Waals surface area contributed by atoms with E-state index in [4.69, 9.17) is 4.74 Å². The summed E-state index contributed by atoms with van der Waals surface area (Å²) >= 11 is 0. The van der Waals surface area contributed by atoms with Gasteiger partial charge in [0.15, 0.2) is 0 Å². The number of hydrogen-bond acceptors (Lipinski definition) is 6. The highest BCUT2D eigenvalue weighted by Crippen LogP contribution is 2.23. The molecule has 0 aliphatic rings. The first-order chi connectivity index (χ1) is 11.5. The Labute approximate surface area is 136 Å². The van der Waals surface area contributed by atoms with Crippen molar-refractivity contribution in [2.24, 2.45) is 7.05 Å². The average Bonchev–Trinajstić information content (AvgIpc) is 2.95. The molecule has 0 atom stereocenters. The van der Waals surface area contributed by atoms with Gasteiger partial charge >= 0.3 is 0 Å². The molecule has 0 aromatic carbocycles. The molecule has 7 nitrogen and oxygen atoms in total. The lowest BCUT2D eigenvalue weighted by Gasteiger charge is -2.07. The van der Waals surface area contributed by atoms with Crippen molar-refractivity contribution in [1.29, 1.82) is 0 Å². The fraction of sp³-hybridized carbons (Fsp3) is 0.267. The molecule has 0 N–H and O–H groups in total. The second kappa shape index (κ2) is 6.65. The van der Waals surface area contributed by atoms with E-state index in [1.807, 2.05) is 6.92 Å². The number of hydrogen-bond donors (Lipinski definition) is 0. The second-order valence-corrected chi connectivity index (χ2v) is 5.09. The largest absolute Gasteiger partial charge is 0.470 e. The summed E-state index contributed by atoms with van der Waals surface area (Å²) in [5, 5.41) is 15.8. The number of ether oxygens (including phenoxy) is 1. The Morgan fingerprint density at radius 2 is 1.96 bits per heavy atom. The van der Waals surface area contributed by atoms with Crippen LogP contribution in [-0.2, 0) is 13.7 Å². The number of pyridine rings is 1. The SMILES string of the molecule is Cc1ccc(OCc2c(-c3ccc(C(F)F)cn3)nnn2C)nn1. The Morgan fingerprint density at radius 1 is 1.12 bits per heavy atom. The maximum Gasteiger partial charge on any atom is 0.265 e. The van der Waals surface area contributed by atoms with Crippen molar-refractivity contribution in [1.82, 2.24) is 30.2 Å². The van der Waals surface area contributed by atoms with Gasteiger partial charge in [-0.05, 0) is 25.1 Å². The van der Waals surface area contributed by atoms with E-state index in [-0.39, 0.29) is 12.2 Å². The minimum atomic E-state index is -2.56. The molecule has 3 aromatic rings. The Morgan fingerprint density at radius 3 is 2.58 bits per heavy atom. The van der Waals surface area contributed by atoms with Gasteiger partial charge in [-0.3, -0.25) is 4.98 Å². The smallest absolute Gasteiger partial charge is 0.265 e. The van der Waals surface area contributed by atoms with Crippen molar-refractivity contribution in [2.45, 2.75) is 20.0 Å². The van der Waals surface area contributed by atoms with E-state index < -0.39 is 6.43 Å². The number of halogens is 2. The molecule has 0 saturated heterocycles. The summed E-state index contributed by atoms with van der Waals surface area (Å²) < 4.78 is 32.4. The van der Waals surface area contributed by atoms with Gasteiger partial charge in [0.2, 0.25) is 5.88 Å². The molecule has 0 amide bonds. The molecule has 0 unspecified atom stereocenters. The molecule has 24 heavy (non-hydrogen) atoms. The van der Waals surface area contributed by atoms with Crippen LogP contribution >= 0.6 is 0 Å². The number of alkyl halides is 2. The quantitative estimate of drug-likeness (QED) is 0.714. The zero-order chi connectivity index (χ0) is 17.1. The van der Waals surface area contributed by atoms with Crippen molar-refractivity contribution in [3.8, 4) is 17.3 Å². The molecule has 9 heteroatoms. The van der Waals surface area contributed by atoms with E-state index in [1.165, 1.54) is 12.1 Å². The number of aryl methyl sites for hydroxylation is 2. The van der Waals surface area contributed by atoms with Crippen molar-refractivity contribution >= 4 is 0 Å². The van der Waals surface area contributed by atoms with Crippen LogP contribution in [0.15, 0.2) is 30.5 Å². The predicted molar refractivity (Wildman–Crippen MR) is 80.3 cm³/mol. The molecule has 0 aliphatic carbocycles. The number of nitrogens with zero attached hydrogens (tertiary/aromatic N) is 6. The van der Waals surface area contributed by atoms with Crippen molar-refractivity contribution < 1.29 is 13.5 Å². The Hall–Kier alpha value is -2.97. The summed E-state index contributed by atoms with van der Waals surface area (Å²) in [7, 11) is 1.71. The molecule has 0 bridgehead atoms. The number of rotatable bonds is 5. The van der Waals surface area contributed by atoms with Crippen molar-refractivity contribution in [2.75, 3.05) is 0 Å². The molecular weight excluding hydrogens is 318 g/mol. The summed E-state index contributed by atoms with van der Waals surface area (Å²) in [4.78, 5) is 4.03. The average molecular weight is 332 g/mol. The van der Waals surface area contributed by atoms with Gasteiger partial charge in [0.1, 0.15) is 18.0 Å². The van der Waals surface area contributed by atoms with Gasteiger partial charge < -0.3 is 4.74 Å². The van der Waals surface area contributed by atoms with E-state index in [0.29, 0.717) is 23.0 Å². The lowest BCUT2D eigenvalue weighted by Crippen LogP contribution is -2.06. The van der Waals surface area contributed by atoms with Gasteiger partial charge in [0.25, 0.3) is 6.43 Å². The van der Waals surface area contributed by atoms with Gasteiger partial charge in [0.05, 0.1) is 11.4 Å². The molecule has 3 rings (SSSR count). The van der Waals surface area contributed by atoms with Crippen LogP contribution in [0, 0.1) is 6.92 Å². The first kappa shape index (κ1) is 15.9. The highest BCUT2D eigenvalue weighted by atomic mass is 19.3. The summed E-state index contributed by atoms with van der Waals surface area (Å²) in [6.45, 7) is 1.98. The van der Waals surface area contributed by atoms with Crippen LogP contribution in [0.25, 0.3) is 11.4 Å². The molecular formula is C15H14F2N6O. The normalized spacial score (nSPS) is 11.0. The Kier molecular flexibility index (Phi) is 4.41. The van der Waals surface area contributed by atoms with Crippen LogP contribution in [0.3, 0.4) is 0 Å². The third-order valence-corrected chi connectivity index (χ3v) is 3.35. The lowest BCUT2D eigenvalue weighted by atomic mass is 10.2. The topological polar surface area (TPSA) is 78.6 Å². The first-order valence-corrected chi connectivity index (χ1v) is 7.10. The van der Waals surface area contributed by atoms with Gasteiger partial charge in [-0.2, -0.15) is 5.10 Å². The van der Waals surface area contributed by atoms with Crippen LogP contribution in [0.1, 0.15) is 23.4 Å². The van der Waals surface area contributed by atoms with Gasteiger partial charge in [-0.15, -0.1) is 10.2 Å². The summed E-state index contributed by atoms with van der Waals surface area (Å²) in [6, 6.07) is 6.30. The Balaban J connectivity index is 1.81. The summed E-state index contributed by atoms with van der Waals surface area (Å²) in [5.41, 5.74) is 2.21. The maximum atomic E-state index is 12.6. The summed E-state index contributed by atoms with van der Waals surface area (Å²) in [5.74, 6) is 0.369.